The van der Waals surface area contributed by atoms with E-state index in [-0.39, 0.29) is 44.0 Å². The maximum absolute atomic E-state index is 14.3. The number of rotatable bonds is 9. The summed E-state index contributed by atoms with van der Waals surface area (Å²) in [6.07, 6.45) is 2.99. The van der Waals surface area contributed by atoms with Crippen molar-refractivity contribution in [1.82, 2.24) is 30.1 Å². The number of nitrogens with one attached hydrogen (secondary N) is 1. The molecule has 234 valence electrons. The Morgan fingerprint density at radius 2 is 1.96 bits per heavy atom. The van der Waals surface area contributed by atoms with Gasteiger partial charge in [-0.1, -0.05) is 65.9 Å². The number of carbonyl (C=O) groups excluding carboxylic acids is 3. The lowest BCUT2D eigenvalue weighted by Gasteiger charge is -2.46. The van der Waals surface area contributed by atoms with E-state index in [1.54, 1.807) is 27.1 Å². The van der Waals surface area contributed by atoms with Crippen LogP contribution >= 0.6 is 11.3 Å². The molecule has 3 aromatic carbocycles. The molecular weight excluding hydrogens is 602 g/mol. The normalized spacial score (nSPS) is 18.3. The van der Waals surface area contributed by atoms with Crippen molar-refractivity contribution in [3.8, 4) is 0 Å². The molecular formula is C34H33N7O4S. The van der Waals surface area contributed by atoms with Crippen molar-refractivity contribution in [2.45, 2.75) is 31.7 Å². The predicted octanol–water partition coefficient (Wildman–Crippen LogP) is 4.36. The van der Waals surface area contributed by atoms with Crippen molar-refractivity contribution in [1.29, 1.82) is 0 Å². The predicted molar refractivity (Wildman–Crippen MR) is 176 cm³/mol. The quantitative estimate of drug-likeness (QED) is 0.230. The van der Waals surface area contributed by atoms with E-state index in [4.69, 9.17) is 10.2 Å². The minimum atomic E-state index is -0.779. The number of para-hydroxylation sites is 1. The number of fused-ring (bicyclic) bond motifs is 3. The molecule has 2 aliphatic heterocycles. The van der Waals surface area contributed by atoms with Gasteiger partial charge in [0.2, 0.25) is 11.8 Å². The number of hydrazine groups is 1. The number of nitrogens with two attached hydrogens (primary N) is 1. The first kappa shape index (κ1) is 29.5. The Bertz CT molecular complexity index is 1940. The van der Waals surface area contributed by atoms with Gasteiger partial charge in [-0.15, -0.1) is 6.58 Å². The maximum atomic E-state index is 14.3. The lowest BCUT2D eigenvalue weighted by atomic mass is 9.99. The van der Waals surface area contributed by atoms with Gasteiger partial charge in [0.1, 0.15) is 17.8 Å². The van der Waals surface area contributed by atoms with E-state index in [1.165, 1.54) is 16.3 Å². The molecule has 0 aliphatic carbocycles. The van der Waals surface area contributed by atoms with Crippen molar-refractivity contribution in [2.75, 3.05) is 25.4 Å². The Morgan fingerprint density at radius 1 is 1.11 bits per heavy atom. The van der Waals surface area contributed by atoms with Crippen molar-refractivity contribution in [3.05, 3.63) is 108 Å². The van der Waals surface area contributed by atoms with Crippen LogP contribution in [0.3, 0.4) is 0 Å². The first-order valence-electron chi connectivity index (χ1n) is 15.1. The summed E-state index contributed by atoms with van der Waals surface area (Å²) < 4.78 is 6.45. The minimum absolute atomic E-state index is 0.0478. The molecule has 0 bridgehead atoms. The Labute approximate surface area is 269 Å². The number of anilines is 1. The zero-order valence-corrected chi connectivity index (χ0v) is 25.9. The largest absolute Gasteiger partial charge is 0.464 e. The summed E-state index contributed by atoms with van der Waals surface area (Å²) in [6.45, 7) is 4.82. The molecule has 2 atom stereocenters. The summed E-state index contributed by atoms with van der Waals surface area (Å²) in [5.41, 5.74) is 10.3. The van der Waals surface area contributed by atoms with E-state index in [1.807, 2.05) is 72.8 Å². The van der Waals surface area contributed by atoms with Gasteiger partial charge in [0, 0.05) is 24.9 Å². The van der Waals surface area contributed by atoms with Crippen molar-refractivity contribution in [3.63, 3.8) is 0 Å². The minimum Gasteiger partial charge on any atom is -0.464 e. The number of urea groups is 1. The van der Waals surface area contributed by atoms with Crippen LogP contribution in [0.15, 0.2) is 96.1 Å². The van der Waals surface area contributed by atoms with Gasteiger partial charge < -0.3 is 25.3 Å². The molecule has 2 aliphatic rings. The molecule has 4 heterocycles. The Morgan fingerprint density at radius 3 is 2.78 bits per heavy atom. The van der Waals surface area contributed by atoms with Crippen LogP contribution in [0.4, 0.5) is 9.93 Å². The van der Waals surface area contributed by atoms with Gasteiger partial charge >= 0.3 is 6.03 Å². The van der Waals surface area contributed by atoms with E-state index in [9.17, 15) is 14.4 Å². The van der Waals surface area contributed by atoms with Crippen LogP contribution in [-0.2, 0) is 29.1 Å². The number of carbonyl (C=O) groups is 3. The van der Waals surface area contributed by atoms with Crippen LogP contribution in [0.2, 0.25) is 0 Å². The molecule has 0 radical (unpaired) electrons. The standard InChI is InChI=1S/C34H33N7O4S/c1-2-14-39(34(44)36-18-22-7-4-3-5-8-22)40-21-30(42)41-26(17-23-11-12-27-24(16-23)13-15-45-27)32(43)38(20-29(40)41)19-25-9-6-10-28-31(25)37-33(35)46-28/h2-13,15-16,26,29H,1,14,17-21H2,(H2,35,37)(H,36,44)/t26-,29+/m0/s1. The Kier molecular flexibility index (Phi) is 7.89. The molecule has 3 N–H and O–H groups in total. The number of hydrogen-bond acceptors (Lipinski definition) is 8. The van der Waals surface area contributed by atoms with Crippen LogP contribution in [0.5, 0.6) is 0 Å². The van der Waals surface area contributed by atoms with Crippen LogP contribution in [0, 0.1) is 0 Å². The lowest BCUT2D eigenvalue weighted by Crippen LogP contribution is -2.66. The summed E-state index contributed by atoms with van der Waals surface area (Å²) in [6, 6.07) is 22.0. The van der Waals surface area contributed by atoms with Gasteiger partial charge in [-0.3, -0.25) is 14.6 Å². The number of furan rings is 1. The summed E-state index contributed by atoms with van der Waals surface area (Å²) in [5, 5.41) is 7.63. The molecule has 0 unspecified atom stereocenters. The summed E-state index contributed by atoms with van der Waals surface area (Å²) in [4.78, 5) is 49.7. The van der Waals surface area contributed by atoms with E-state index in [2.05, 4.69) is 16.9 Å². The topological polar surface area (TPSA) is 128 Å². The summed E-state index contributed by atoms with van der Waals surface area (Å²) in [5.74, 6) is -0.380. The number of nitrogens with zero attached hydrogens (tertiary/aromatic N) is 5. The van der Waals surface area contributed by atoms with Crippen molar-refractivity contribution < 1.29 is 18.8 Å². The molecule has 5 aromatic rings. The second-order valence-electron chi connectivity index (χ2n) is 11.4. The third kappa shape index (κ3) is 5.57. The number of nitrogen functional groups attached to an aromatic ring is 1. The summed E-state index contributed by atoms with van der Waals surface area (Å²) >= 11 is 1.40. The maximum Gasteiger partial charge on any atom is 0.332 e. The van der Waals surface area contributed by atoms with E-state index >= 15 is 0 Å². The molecule has 2 saturated heterocycles. The molecule has 12 heteroatoms. The molecule has 46 heavy (non-hydrogen) atoms. The number of aromatic nitrogens is 1. The molecule has 11 nitrogen and oxygen atoms in total. The van der Waals surface area contributed by atoms with E-state index in [0.29, 0.717) is 18.1 Å². The van der Waals surface area contributed by atoms with Crippen LogP contribution in [0.25, 0.3) is 21.2 Å². The average molecular weight is 636 g/mol. The molecule has 2 fully saturated rings. The zero-order valence-electron chi connectivity index (χ0n) is 25.0. The fourth-order valence-electron chi connectivity index (χ4n) is 6.40. The van der Waals surface area contributed by atoms with Gasteiger partial charge in [0.15, 0.2) is 5.13 Å². The smallest absolute Gasteiger partial charge is 0.332 e. The fourth-order valence-corrected chi connectivity index (χ4v) is 7.19. The number of hydrogen-bond donors (Lipinski definition) is 2. The molecule has 0 saturated carbocycles. The van der Waals surface area contributed by atoms with E-state index in [0.717, 1.165) is 37.9 Å². The first-order valence-corrected chi connectivity index (χ1v) is 15.9. The zero-order chi connectivity index (χ0) is 31.8. The van der Waals surface area contributed by atoms with Crippen LogP contribution in [0.1, 0.15) is 16.7 Å². The summed E-state index contributed by atoms with van der Waals surface area (Å²) in [7, 11) is 0. The molecule has 0 spiro atoms. The Balaban J connectivity index is 1.21. The number of thiazole rings is 1. The van der Waals surface area contributed by atoms with Gasteiger partial charge in [0.05, 0.1) is 36.1 Å². The fraction of sp³-hybridized carbons (Fsp3) is 0.235. The van der Waals surface area contributed by atoms with Crippen molar-refractivity contribution >= 4 is 55.5 Å². The van der Waals surface area contributed by atoms with Gasteiger partial charge in [-0.05, 0) is 41.0 Å². The first-order chi connectivity index (χ1) is 22.4. The highest BCUT2D eigenvalue weighted by Gasteiger charge is 2.52. The van der Waals surface area contributed by atoms with Crippen LogP contribution in [-0.4, -0.2) is 74.5 Å². The third-order valence-electron chi connectivity index (χ3n) is 8.53. The second-order valence-corrected chi connectivity index (χ2v) is 12.5. The van der Waals surface area contributed by atoms with Gasteiger partial charge in [0.25, 0.3) is 0 Å². The SMILES string of the molecule is C=CCN(C(=O)NCc1ccccc1)N1CC(=O)N2[C@@H](Cc3ccc4occc4c3)C(=O)N(Cc3cccc4sc(N)nc34)C[C@@H]21. The number of amides is 4. The van der Waals surface area contributed by atoms with E-state index < -0.39 is 12.2 Å². The van der Waals surface area contributed by atoms with Crippen molar-refractivity contribution in [2.24, 2.45) is 0 Å². The third-order valence-corrected chi connectivity index (χ3v) is 9.38. The van der Waals surface area contributed by atoms with Gasteiger partial charge in [-0.25, -0.2) is 9.78 Å². The highest BCUT2D eigenvalue weighted by atomic mass is 32.1. The average Bonchev–Trinajstić information content (AvgIpc) is 3.77. The number of piperazine rings is 1. The highest BCUT2D eigenvalue weighted by Crippen LogP contribution is 2.33. The van der Waals surface area contributed by atoms with Crippen LogP contribution < -0.4 is 11.1 Å². The van der Waals surface area contributed by atoms with Gasteiger partial charge in [-0.2, -0.15) is 5.01 Å². The monoisotopic (exact) mass is 635 g/mol. The second kappa shape index (κ2) is 12.3. The Hall–Kier alpha value is -5.20. The molecule has 4 amide bonds. The molecule has 7 rings (SSSR count). The number of benzene rings is 3. The lowest BCUT2D eigenvalue weighted by molar-refractivity contribution is -0.157. The molecule has 2 aromatic heterocycles. The highest BCUT2D eigenvalue weighted by molar-refractivity contribution is 7.22.